The molecule has 0 unspecified atom stereocenters. The van der Waals surface area contributed by atoms with Gasteiger partial charge in [-0.05, 0) is 81.5 Å². The molecular formula is C23H33N5O2S. The molecule has 0 saturated carbocycles. The van der Waals surface area contributed by atoms with Crippen molar-refractivity contribution in [2.45, 2.75) is 57.2 Å². The SMILES string of the molecule is CC(C)(C)OC(=O)NCc1cccc(-c2ccc(SNC(C)(C)/C(=C/N)NN)cc2)c1. The highest BCUT2D eigenvalue weighted by molar-refractivity contribution is 7.97. The van der Waals surface area contributed by atoms with Crippen LogP contribution in [0.4, 0.5) is 4.79 Å². The Morgan fingerprint density at radius 2 is 1.74 bits per heavy atom. The lowest BCUT2D eigenvalue weighted by Crippen LogP contribution is -2.44. The molecule has 2 aromatic rings. The van der Waals surface area contributed by atoms with Crippen LogP contribution < -0.4 is 27.0 Å². The van der Waals surface area contributed by atoms with Gasteiger partial charge in [-0.1, -0.05) is 30.3 Å². The maximum Gasteiger partial charge on any atom is 0.407 e. The number of alkyl carbamates (subject to hydrolysis) is 1. The third-order valence-corrected chi connectivity index (χ3v) is 5.49. The number of hydrazine groups is 1. The lowest BCUT2D eigenvalue weighted by atomic mass is 10.0. The highest BCUT2D eigenvalue weighted by Gasteiger charge is 2.22. The van der Waals surface area contributed by atoms with Gasteiger partial charge in [0.25, 0.3) is 0 Å². The Morgan fingerprint density at radius 3 is 2.32 bits per heavy atom. The number of ether oxygens (including phenoxy) is 1. The molecule has 0 radical (unpaired) electrons. The molecule has 1 amide bonds. The average molecular weight is 444 g/mol. The van der Waals surface area contributed by atoms with Gasteiger partial charge in [-0.2, -0.15) is 0 Å². The van der Waals surface area contributed by atoms with Gasteiger partial charge in [0.15, 0.2) is 0 Å². The normalized spacial score (nSPS) is 12.4. The molecule has 168 valence electrons. The minimum atomic E-state index is -0.515. The number of amides is 1. The van der Waals surface area contributed by atoms with Gasteiger partial charge in [-0.25, -0.2) is 9.52 Å². The van der Waals surface area contributed by atoms with Gasteiger partial charge >= 0.3 is 6.09 Å². The quantitative estimate of drug-likeness (QED) is 0.238. The van der Waals surface area contributed by atoms with Crippen LogP contribution >= 0.6 is 11.9 Å². The van der Waals surface area contributed by atoms with Crippen LogP contribution in [0, 0.1) is 0 Å². The maximum atomic E-state index is 11.9. The Hall–Kier alpha value is -2.68. The number of carbonyl (C=O) groups excluding carboxylic acids is 1. The zero-order valence-electron chi connectivity index (χ0n) is 18.8. The molecule has 0 spiro atoms. The summed E-state index contributed by atoms with van der Waals surface area (Å²) in [4.78, 5) is 12.9. The minimum absolute atomic E-state index is 0.405. The van der Waals surface area contributed by atoms with Crippen molar-refractivity contribution in [2.24, 2.45) is 11.6 Å². The Balaban J connectivity index is 2.00. The largest absolute Gasteiger partial charge is 0.444 e. The second-order valence-corrected chi connectivity index (χ2v) is 9.51. The molecule has 8 heteroatoms. The molecule has 0 aliphatic rings. The molecule has 0 fully saturated rings. The van der Waals surface area contributed by atoms with Crippen molar-refractivity contribution in [3.8, 4) is 11.1 Å². The zero-order chi connectivity index (χ0) is 23.1. The average Bonchev–Trinajstić information content (AvgIpc) is 2.71. The van der Waals surface area contributed by atoms with Crippen molar-refractivity contribution in [3.05, 3.63) is 66.0 Å². The Labute approximate surface area is 189 Å². The molecule has 2 aromatic carbocycles. The summed E-state index contributed by atoms with van der Waals surface area (Å²) in [6.07, 6.45) is 1.04. The molecule has 0 aliphatic carbocycles. The van der Waals surface area contributed by atoms with Gasteiger partial charge < -0.3 is 21.2 Å². The summed E-state index contributed by atoms with van der Waals surface area (Å²) in [6.45, 7) is 9.91. The lowest BCUT2D eigenvalue weighted by Gasteiger charge is -2.28. The van der Waals surface area contributed by atoms with Crippen molar-refractivity contribution in [3.63, 3.8) is 0 Å². The number of hydrogen-bond donors (Lipinski definition) is 5. The monoisotopic (exact) mass is 443 g/mol. The fourth-order valence-electron chi connectivity index (χ4n) is 2.74. The predicted molar refractivity (Wildman–Crippen MR) is 128 cm³/mol. The molecule has 0 atom stereocenters. The van der Waals surface area contributed by atoms with Crippen LogP contribution in [-0.2, 0) is 11.3 Å². The molecule has 31 heavy (non-hydrogen) atoms. The van der Waals surface area contributed by atoms with Crippen LogP contribution in [0.5, 0.6) is 0 Å². The van der Waals surface area contributed by atoms with Crippen LogP contribution in [0.1, 0.15) is 40.2 Å². The van der Waals surface area contributed by atoms with Crippen molar-refractivity contribution < 1.29 is 9.53 Å². The zero-order valence-corrected chi connectivity index (χ0v) is 19.6. The Bertz CT molecular complexity index is 905. The van der Waals surface area contributed by atoms with Crippen LogP contribution in [0.25, 0.3) is 11.1 Å². The molecule has 0 heterocycles. The fourth-order valence-corrected chi connectivity index (χ4v) is 3.50. The predicted octanol–water partition coefficient (Wildman–Crippen LogP) is 4.02. The van der Waals surface area contributed by atoms with Crippen molar-refractivity contribution in [2.75, 3.05) is 0 Å². The summed E-state index contributed by atoms with van der Waals surface area (Å²) in [5.41, 5.74) is 11.2. The first kappa shape index (κ1) is 24.6. The minimum Gasteiger partial charge on any atom is -0.444 e. The summed E-state index contributed by atoms with van der Waals surface area (Å²) < 4.78 is 8.65. The molecule has 0 aromatic heterocycles. The first-order valence-electron chi connectivity index (χ1n) is 10.0. The molecule has 7 nitrogen and oxygen atoms in total. The Kier molecular flexibility index (Phi) is 8.38. The fraction of sp³-hybridized carbons (Fsp3) is 0.348. The molecule has 7 N–H and O–H groups in total. The lowest BCUT2D eigenvalue weighted by molar-refractivity contribution is 0.0523. The third-order valence-electron chi connectivity index (χ3n) is 4.37. The number of hydrogen-bond acceptors (Lipinski definition) is 7. The summed E-state index contributed by atoms with van der Waals surface area (Å²) in [6, 6.07) is 16.3. The van der Waals surface area contributed by atoms with Crippen LogP contribution in [0.3, 0.4) is 0 Å². The van der Waals surface area contributed by atoms with E-state index in [-0.39, 0.29) is 0 Å². The van der Waals surface area contributed by atoms with E-state index in [9.17, 15) is 4.79 Å². The van der Waals surface area contributed by atoms with E-state index in [1.807, 2.05) is 52.8 Å². The summed E-state index contributed by atoms with van der Waals surface area (Å²) in [7, 11) is 0. The molecule has 2 rings (SSSR count). The van der Waals surface area contributed by atoms with E-state index in [1.54, 1.807) is 0 Å². The number of carbonyl (C=O) groups is 1. The standard InChI is InChI=1S/C23H33N5O2S/c1-22(2,3)30-21(29)26-15-16-7-6-8-18(13-16)17-9-11-19(12-10-17)31-28-23(4,5)20(14-24)27-25/h6-14,27-28H,15,24-25H2,1-5H3,(H,26,29)/b20-14-. The van der Waals surface area contributed by atoms with E-state index in [0.29, 0.717) is 12.2 Å². The van der Waals surface area contributed by atoms with E-state index in [2.05, 4.69) is 45.8 Å². The van der Waals surface area contributed by atoms with E-state index < -0.39 is 17.2 Å². The first-order chi connectivity index (χ1) is 14.5. The van der Waals surface area contributed by atoms with E-state index >= 15 is 0 Å². The number of nitrogens with two attached hydrogens (primary N) is 2. The first-order valence-corrected chi connectivity index (χ1v) is 10.8. The molecule has 0 aliphatic heterocycles. The summed E-state index contributed by atoms with van der Waals surface area (Å²) in [5.74, 6) is 5.52. The molecule has 0 saturated heterocycles. The van der Waals surface area contributed by atoms with Crippen LogP contribution in [0.15, 0.2) is 65.3 Å². The molecule has 0 bridgehead atoms. The van der Waals surface area contributed by atoms with Crippen LogP contribution in [-0.4, -0.2) is 17.2 Å². The van der Waals surface area contributed by atoms with Gasteiger partial charge in [-0.15, -0.1) is 0 Å². The van der Waals surface area contributed by atoms with Gasteiger partial charge in [0.2, 0.25) is 0 Å². The van der Waals surface area contributed by atoms with Crippen LogP contribution in [0.2, 0.25) is 0 Å². The van der Waals surface area contributed by atoms with Gasteiger partial charge in [-0.3, -0.25) is 5.84 Å². The van der Waals surface area contributed by atoms with Gasteiger partial charge in [0.1, 0.15) is 5.60 Å². The van der Waals surface area contributed by atoms with E-state index in [0.717, 1.165) is 21.6 Å². The second-order valence-electron chi connectivity index (χ2n) is 8.63. The van der Waals surface area contributed by atoms with E-state index in [1.165, 1.54) is 18.1 Å². The smallest absolute Gasteiger partial charge is 0.407 e. The number of benzene rings is 2. The second kappa shape index (κ2) is 10.6. The van der Waals surface area contributed by atoms with E-state index in [4.69, 9.17) is 16.3 Å². The number of nitrogens with one attached hydrogen (secondary N) is 3. The number of rotatable bonds is 8. The summed E-state index contributed by atoms with van der Waals surface area (Å²) in [5, 5.41) is 2.79. The topological polar surface area (TPSA) is 114 Å². The highest BCUT2D eigenvalue weighted by Crippen LogP contribution is 2.26. The van der Waals surface area contributed by atoms with Crippen molar-refractivity contribution in [1.29, 1.82) is 0 Å². The van der Waals surface area contributed by atoms with Crippen molar-refractivity contribution >= 4 is 18.0 Å². The van der Waals surface area contributed by atoms with Gasteiger partial charge in [0, 0.05) is 17.6 Å². The third kappa shape index (κ3) is 7.82. The molecular weight excluding hydrogens is 410 g/mol. The summed E-state index contributed by atoms with van der Waals surface area (Å²) >= 11 is 1.51. The maximum absolute atomic E-state index is 11.9. The van der Waals surface area contributed by atoms with Crippen molar-refractivity contribution in [1.82, 2.24) is 15.5 Å². The Morgan fingerprint density at radius 1 is 1.06 bits per heavy atom. The van der Waals surface area contributed by atoms with Gasteiger partial charge in [0.05, 0.1) is 11.2 Å². The highest BCUT2D eigenvalue weighted by atomic mass is 32.2.